The van der Waals surface area contributed by atoms with Crippen LogP contribution in [0.5, 0.6) is 0 Å². The molecule has 0 radical (unpaired) electrons. The minimum absolute atomic E-state index is 0.458. The normalized spacial score (nSPS) is 10.2. The summed E-state index contributed by atoms with van der Waals surface area (Å²) in [6.45, 7) is 0.627. The molecule has 0 aliphatic rings. The van der Waals surface area contributed by atoms with E-state index in [2.05, 4.69) is 28.1 Å². The van der Waals surface area contributed by atoms with E-state index in [0.29, 0.717) is 13.0 Å². The molecule has 0 unspecified atom stereocenters. The Balaban J connectivity index is 2.13. The number of nitriles is 1. The molecule has 1 aromatic heterocycles. The molecule has 0 aliphatic carbocycles. The molecular formula is C18H15N3. The molecule has 0 aliphatic heterocycles. The fraction of sp³-hybridized carbons (Fsp3) is 0.111. The van der Waals surface area contributed by atoms with Crippen molar-refractivity contribution in [2.24, 2.45) is 0 Å². The number of nitrogens with zero attached hydrogens (tertiary/aromatic N) is 3. The van der Waals surface area contributed by atoms with E-state index in [9.17, 15) is 0 Å². The van der Waals surface area contributed by atoms with Crippen molar-refractivity contribution in [2.75, 3.05) is 11.4 Å². The molecular weight excluding hydrogens is 258 g/mol. The van der Waals surface area contributed by atoms with Crippen LogP contribution in [0, 0.1) is 11.3 Å². The summed E-state index contributed by atoms with van der Waals surface area (Å²) in [7, 11) is 0. The predicted octanol–water partition coefficient (Wildman–Crippen LogP) is 4.29. The van der Waals surface area contributed by atoms with Crippen molar-refractivity contribution in [3.8, 4) is 6.07 Å². The van der Waals surface area contributed by atoms with E-state index in [-0.39, 0.29) is 0 Å². The summed E-state index contributed by atoms with van der Waals surface area (Å²) in [6.07, 6.45) is 2.28. The minimum Gasteiger partial charge on any atom is -0.325 e. The summed E-state index contributed by atoms with van der Waals surface area (Å²) in [5.74, 6) is 0.898. The van der Waals surface area contributed by atoms with Crippen molar-refractivity contribution in [1.82, 2.24) is 4.98 Å². The summed E-state index contributed by atoms with van der Waals surface area (Å²) in [5, 5.41) is 11.2. The van der Waals surface area contributed by atoms with Gasteiger partial charge in [0.05, 0.1) is 12.5 Å². The molecule has 0 saturated heterocycles. The van der Waals surface area contributed by atoms with Gasteiger partial charge in [0, 0.05) is 23.8 Å². The Labute approximate surface area is 124 Å². The van der Waals surface area contributed by atoms with Crippen LogP contribution in [0.2, 0.25) is 0 Å². The largest absolute Gasteiger partial charge is 0.325 e. The molecule has 21 heavy (non-hydrogen) atoms. The van der Waals surface area contributed by atoms with Gasteiger partial charge in [0.2, 0.25) is 0 Å². The number of anilines is 2. The average molecular weight is 273 g/mol. The Bertz CT molecular complexity index is 770. The topological polar surface area (TPSA) is 39.9 Å². The standard InChI is InChI=1S/C18H15N3/c19-12-6-14-21(16-8-2-1-3-9-16)18-17-10-5-4-7-15(17)11-13-20-18/h1-5,7-11,13H,6,14H2. The number of aromatic nitrogens is 1. The predicted molar refractivity (Wildman–Crippen MR) is 85.4 cm³/mol. The lowest BCUT2D eigenvalue weighted by atomic mass is 10.1. The van der Waals surface area contributed by atoms with Gasteiger partial charge in [-0.2, -0.15) is 5.26 Å². The Hall–Kier alpha value is -2.86. The van der Waals surface area contributed by atoms with Gasteiger partial charge in [-0.1, -0.05) is 42.5 Å². The van der Waals surface area contributed by atoms with Gasteiger partial charge in [-0.25, -0.2) is 4.98 Å². The van der Waals surface area contributed by atoms with Gasteiger partial charge >= 0.3 is 0 Å². The second kappa shape index (κ2) is 6.06. The first-order valence-corrected chi connectivity index (χ1v) is 6.93. The number of rotatable bonds is 4. The molecule has 0 N–H and O–H groups in total. The van der Waals surface area contributed by atoms with Crippen LogP contribution in [0.4, 0.5) is 11.5 Å². The van der Waals surface area contributed by atoms with Gasteiger partial charge < -0.3 is 4.90 Å². The van der Waals surface area contributed by atoms with Gasteiger partial charge in [-0.3, -0.25) is 0 Å². The summed E-state index contributed by atoms with van der Waals surface area (Å²) >= 11 is 0. The van der Waals surface area contributed by atoms with Gasteiger partial charge in [0.25, 0.3) is 0 Å². The van der Waals surface area contributed by atoms with Crippen molar-refractivity contribution >= 4 is 22.3 Å². The first-order chi connectivity index (χ1) is 10.4. The molecule has 0 bridgehead atoms. The highest BCUT2D eigenvalue weighted by atomic mass is 15.2. The maximum atomic E-state index is 8.93. The maximum Gasteiger partial charge on any atom is 0.140 e. The lowest BCUT2D eigenvalue weighted by Crippen LogP contribution is -2.19. The fourth-order valence-electron chi connectivity index (χ4n) is 2.45. The molecule has 3 nitrogen and oxygen atoms in total. The number of hydrogen-bond acceptors (Lipinski definition) is 3. The Morgan fingerprint density at radius 2 is 1.71 bits per heavy atom. The minimum atomic E-state index is 0.458. The zero-order valence-electron chi connectivity index (χ0n) is 11.6. The summed E-state index contributed by atoms with van der Waals surface area (Å²) in [6, 6.07) is 22.5. The van der Waals surface area contributed by atoms with Crippen LogP contribution in [0.3, 0.4) is 0 Å². The highest BCUT2D eigenvalue weighted by Gasteiger charge is 2.13. The third-order valence-corrected chi connectivity index (χ3v) is 3.42. The van der Waals surface area contributed by atoms with E-state index in [1.807, 2.05) is 54.7 Å². The van der Waals surface area contributed by atoms with Crippen LogP contribution in [0.25, 0.3) is 10.8 Å². The van der Waals surface area contributed by atoms with Gasteiger partial charge in [0.1, 0.15) is 5.82 Å². The Morgan fingerprint density at radius 1 is 0.952 bits per heavy atom. The second-order valence-electron chi connectivity index (χ2n) is 4.75. The number of hydrogen-bond donors (Lipinski definition) is 0. The number of benzene rings is 2. The third kappa shape index (κ3) is 2.70. The van der Waals surface area contributed by atoms with Crippen LogP contribution in [0.1, 0.15) is 6.42 Å². The number of fused-ring (bicyclic) bond motifs is 1. The molecule has 2 aromatic carbocycles. The summed E-state index contributed by atoms with van der Waals surface area (Å²) in [5.41, 5.74) is 1.05. The van der Waals surface area contributed by atoms with Crippen LogP contribution in [-0.2, 0) is 0 Å². The molecule has 0 spiro atoms. The molecule has 0 atom stereocenters. The first-order valence-electron chi connectivity index (χ1n) is 6.93. The Morgan fingerprint density at radius 3 is 2.52 bits per heavy atom. The van der Waals surface area contributed by atoms with E-state index in [0.717, 1.165) is 22.3 Å². The van der Waals surface area contributed by atoms with E-state index in [1.54, 1.807) is 0 Å². The molecule has 102 valence electrons. The van der Waals surface area contributed by atoms with E-state index in [4.69, 9.17) is 5.26 Å². The van der Waals surface area contributed by atoms with Crippen LogP contribution in [-0.4, -0.2) is 11.5 Å². The van der Waals surface area contributed by atoms with Crippen molar-refractivity contribution in [1.29, 1.82) is 5.26 Å². The monoisotopic (exact) mass is 273 g/mol. The molecule has 0 saturated carbocycles. The van der Waals surface area contributed by atoms with Gasteiger partial charge in [-0.15, -0.1) is 0 Å². The smallest absolute Gasteiger partial charge is 0.140 e. The van der Waals surface area contributed by atoms with Crippen LogP contribution >= 0.6 is 0 Å². The zero-order valence-corrected chi connectivity index (χ0v) is 11.6. The summed E-state index contributed by atoms with van der Waals surface area (Å²) < 4.78 is 0. The van der Waals surface area contributed by atoms with Crippen molar-refractivity contribution in [3.63, 3.8) is 0 Å². The highest BCUT2D eigenvalue weighted by molar-refractivity contribution is 5.93. The molecule has 0 fully saturated rings. The zero-order chi connectivity index (χ0) is 14.5. The average Bonchev–Trinajstić information content (AvgIpc) is 2.56. The second-order valence-corrected chi connectivity index (χ2v) is 4.75. The molecule has 0 amide bonds. The quantitative estimate of drug-likeness (QED) is 0.712. The van der Waals surface area contributed by atoms with E-state index < -0.39 is 0 Å². The van der Waals surface area contributed by atoms with E-state index >= 15 is 0 Å². The van der Waals surface area contributed by atoms with Crippen molar-refractivity contribution in [2.45, 2.75) is 6.42 Å². The lowest BCUT2D eigenvalue weighted by Gasteiger charge is -2.24. The SMILES string of the molecule is N#CCCN(c1ccccc1)c1nccc2ccccc12. The number of para-hydroxylation sites is 1. The van der Waals surface area contributed by atoms with Crippen LogP contribution < -0.4 is 4.90 Å². The summed E-state index contributed by atoms with van der Waals surface area (Å²) in [4.78, 5) is 6.66. The van der Waals surface area contributed by atoms with Crippen LogP contribution in [0.15, 0.2) is 66.9 Å². The molecule has 1 heterocycles. The lowest BCUT2D eigenvalue weighted by molar-refractivity contribution is 0.933. The Kier molecular flexibility index (Phi) is 3.79. The first kappa shape index (κ1) is 13.1. The highest BCUT2D eigenvalue weighted by Crippen LogP contribution is 2.30. The van der Waals surface area contributed by atoms with Gasteiger partial charge in [-0.05, 0) is 23.6 Å². The van der Waals surface area contributed by atoms with E-state index in [1.165, 1.54) is 0 Å². The number of pyridine rings is 1. The van der Waals surface area contributed by atoms with Crippen molar-refractivity contribution in [3.05, 3.63) is 66.9 Å². The molecule has 3 aromatic rings. The third-order valence-electron chi connectivity index (χ3n) is 3.42. The fourth-order valence-corrected chi connectivity index (χ4v) is 2.45. The maximum absolute atomic E-state index is 8.93. The molecule has 3 heteroatoms. The van der Waals surface area contributed by atoms with Gasteiger partial charge in [0.15, 0.2) is 0 Å². The molecule has 3 rings (SSSR count). The van der Waals surface area contributed by atoms with Crippen molar-refractivity contribution < 1.29 is 0 Å².